The van der Waals surface area contributed by atoms with E-state index >= 15 is 0 Å². The van der Waals surface area contributed by atoms with E-state index in [1.807, 2.05) is 0 Å². The van der Waals surface area contributed by atoms with Crippen LogP contribution in [0.4, 0.5) is 0 Å². The Labute approximate surface area is 136 Å². The van der Waals surface area contributed by atoms with Crippen LogP contribution in [0, 0.1) is 0 Å². The molecule has 116 valence electrons. The number of halogens is 2. The van der Waals surface area contributed by atoms with E-state index in [4.69, 9.17) is 15.4 Å². The number of benzene rings is 1. The van der Waals surface area contributed by atoms with Crippen LogP contribution >= 0.6 is 26.6 Å². The minimum Gasteiger partial charge on any atom is -0.376 e. The van der Waals surface area contributed by atoms with Crippen LogP contribution in [-0.4, -0.2) is 33.6 Å². The van der Waals surface area contributed by atoms with Crippen LogP contribution in [0.15, 0.2) is 27.6 Å². The fourth-order valence-electron chi connectivity index (χ4n) is 2.11. The number of nitrogens with one attached hydrogen (secondary N) is 1. The molecule has 1 heterocycles. The second-order valence-corrected chi connectivity index (χ2v) is 8.17. The maximum absolute atomic E-state index is 12.1. The number of carbonyl (C=O) groups excluding carboxylic acids is 1. The largest absolute Gasteiger partial charge is 0.376 e. The first-order valence-corrected chi connectivity index (χ1v) is 9.62. The first-order valence-electron chi connectivity index (χ1n) is 6.52. The summed E-state index contributed by atoms with van der Waals surface area (Å²) in [4.78, 5) is 11.9. The molecule has 8 heteroatoms. The molecule has 1 saturated heterocycles. The SMILES string of the molecule is O=C(NCC1CCCCO1)c1ccc(Br)c(S(=O)(=O)Cl)c1. The van der Waals surface area contributed by atoms with Crippen molar-refractivity contribution in [2.75, 3.05) is 13.2 Å². The van der Waals surface area contributed by atoms with Gasteiger partial charge in [0.15, 0.2) is 0 Å². The maximum atomic E-state index is 12.1. The van der Waals surface area contributed by atoms with Gasteiger partial charge in [-0.1, -0.05) is 0 Å². The molecule has 0 aromatic heterocycles. The molecule has 1 aliphatic rings. The number of hydrogen-bond donors (Lipinski definition) is 1. The van der Waals surface area contributed by atoms with Gasteiger partial charge in [-0.3, -0.25) is 4.79 Å². The summed E-state index contributed by atoms with van der Waals surface area (Å²) in [5, 5.41) is 2.75. The van der Waals surface area contributed by atoms with Gasteiger partial charge >= 0.3 is 0 Å². The molecule has 1 aromatic carbocycles. The van der Waals surface area contributed by atoms with Crippen LogP contribution in [0.1, 0.15) is 29.6 Å². The van der Waals surface area contributed by atoms with E-state index in [0.717, 1.165) is 19.3 Å². The van der Waals surface area contributed by atoms with Gasteiger partial charge in [0.25, 0.3) is 15.0 Å². The van der Waals surface area contributed by atoms with Gasteiger partial charge < -0.3 is 10.1 Å². The molecule has 0 bridgehead atoms. The summed E-state index contributed by atoms with van der Waals surface area (Å²) in [7, 11) is 1.43. The lowest BCUT2D eigenvalue weighted by molar-refractivity contribution is 0.0169. The molecule has 21 heavy (non-hydrogen) atoms. The lowest BCUT2D eigenvalue weighted by Gasteiger charge is -2.22. The van der Waals surface area contributed by atoms with E-state index in [0.29, 0.717) is 17.6 Å². The summed E-state index contributed by atoms with van der Waals surface area (Å²) in [6, 6.07) is 4.28. The highest BCUT2D eigenvalue weighted by molar-refractivity contribution is 9.10. The molecule has 1 N–H and O–H groups in total. The van der Waals surface area contributed by atoms with Crippen molar-refractivity contribution in [1.82, 2.24) is 5.32 Å². The molecule has 2 rings (SSSR count). The third kappa shape index (κ3) is 4.67. The minimum absolute atomic E-state index is 0.0226. The Morgan fingerprint density at radius 1 is 1.43 bits per heavy atom. The molecule has 1 unspecified atom stereocenters. The third-order valence-corrected chi connectivity index (χ3v) is 5.54. The van der Waals surface area contributed by atoms with Crippen LogP contribution in [0.5, 0.6) is 0 Å². The average molecular weight is 397 g/mol. The Bertz CT molecular complexity index is 629. The molecule has 1 aliphatic heterocycles. The normalized spacial score (nSPS) is 19.2. The van der Waals surface area contributed by atoms with E-state index in [1.54, 1.807) is 0 Å². The maximum Gasteiger partial charge on any atom is 0.262 e. The average Bonchev–Trinajstić information content (AvgIpc) is 2.45. The molecule has 1 atom stereocenters. The number of carbonyl (C=O) groups is 1. The quantitative estimate of drug-likeness (QED) is 0.794. The van der Waals surface area contributed by atoms with Crippen molar-refractivity contribution in [3.63, 3.8) is 0 Å². The highest BCUT2D eigenvalue weighted by Crippen LogP contribution is 2.26. The molecular weight excluding hydrogens is 382 g/mol. The second-order valence-electron chi connectivity index (χ2n) is 4.78. The van der Waals surface area contributed by atoms with Gasteiger partial charge in [-0.25, -0.2) is 8.42 Å². The Balaban J connectivity index is 2.05. The van der Waals surface area contributed by atoms with Gasteiger partial charge in [0.05, 0.1) is 11.0 Å². The van der Waals surface area contributed by atoms with Gasteiger partial charge in [-0.05, 0) is 53.4 Å². The smallest absolute Gasteiger partial charge is 0.262 e. The lowest BCUT2D eigenvalue weighted by atomic mass is 10.1. The Kier molecular flexibility index (Phi) is 5.65. The highest BCUT2D eigenvalue weighted by Gasteiger charge is 2.19. The molecule has 0 spiro atoms. The van der Waals surface area contributed by atoms with E-state index in [1.165, 1.54) is 18.2 Å². The summed E-state index contributed by atoms with van der Waals surface area (Å²) >= 11 is 3.10. The predicted molar refractivity (Wildman–Crippen MR) is 83.1 cm³/mol. The highest BCUT2D eigenvalue weighted by atomic mass is 79.9. The summed E-state index contributed by atoms with van der Waals surface area (Å²) in [6.45, 7) is 1.13. The van der Waals surface area contributed by atoms with Crippen molar-refractivity contribution in [3.8, 4) is 0 Å². The fraction of sp³-hybridized carbons (Fsp3) is 0.462. The van der Waals surface area contributed by atoms with E-state index in [2.05, 4.69) is 21.2 Å². The standard InChI is InChI=1S/C13H15BrClNO4S/c14-11-5-4-9(7-12(11)21(15,18)19)13(17)16-8-10-3-1-2-6-20-10/h4-5,7,10H,1-3,6,8H2,(H,16,17). The van der Waals surface area contributed by atoms with Crippen LogP contribution in [0.3, 0.4) is 0 Å². The molecule has 5 nitrogen and oxygen atoms in total. The van der Waals surface area contributed by atoms with Crippen LogP contribution in [0.2, 0.25) is 0 Å². The van der Waals surface area contributed by atoms with Gasteiger partial charge in [-0.15, -0.1) is 0 Å². The van der Waals surface area contributed by atoms with Crippen LogP contribution < -0.4 is 5.32 Å². The Morgan fingerprint density at radius 2 is 2.19 bits per heavy atom. The third-order valence-electron chi connectivity index (χ3n) is 3.22. The Hall–Kier alpha value is -0.630. The van der Waals surface area contributed by atoms with E-state index < -0.39 is 9.05 Å². The van der Waals surface area contributed by atoms with Gasteiger partial charge in [0.1, 0.15) is 0 Å². The fourth-order valence-corrected chi connectivity index (χ4v) is 4.23. The molecule has 1 aromatic rings. The summed E-state index contributed by atoms with van der Waals surface area (Å²) < 4.78 is 28.7. The summed E-state index contributed by atoms with van der Waals surface area (Å²) in [6.07, 6.45) is 3.08. The zero-order valence-corrected chi connectivity index (χ0v) is 14.3. The van der Waals surface area contributed by atoms with Crippen LogP contribution in [0.25, 0.3) is 0 Å². The monoisotopic (exact) mass is 395 g/mol. The van der Waals surface area contributed by atoms with Crippen molar-refractivity contribution in [2.45, 2.75) is 30.3 Å². The zero-order chi connectivity index (χ0) is 15.5. The molecule has 1 amide bonds. The van der Waals surface area contributed by atoms with Crippen molar-refractivity contribution < 1.29 is 17.9 Å². The van der Waals surface area contributed by atoms with Crippen molar-refractivity contribution >= 4 is 41.6 Å². The van der Waals surface area contributed by atoms with Gasteiger partial charge in [-0.2, -0.15) is 0 Å². The molecular formula is C13H15BrClNO4S. The number of amides is 1. The number of ether oxygens (including phenoxy) is 1. The summed E-state index contributed by atoms with van der Waals surface area (Å²) in [5.74, 6) is -0.349. The first kappa shape index (κ1) is 16.7. The topological polar surface area (TPSA) is 72.5 Å². The van der Waals surface area contributed by atoms with Gasteiger partial charge in [0, 0.05) is 33.9 Å². The van der Waals surface area contributed by atoms with E-state index in [-0.39, 0.29) is 22.5 Å². The molecule has 0 saturated carbocycles. The summed E-state index contributed by atoms with van der Waals surface area (Å²) in [5.41, 5.74) is 0.244. The first-order chi connectivity index (χ1) is 9.88. The van der Waals surface area contributed by atoms with Crippen LogP contribution in [-0.2, 0) is 13.8 Å². The van der Waals surface area contributed by atoms with Crippen molar-refractivity contribution in [3.05, 3.63) is 28.2 Å². The van der Waals surface area contributed by atoms with Crippen molar-refractivity contribution in [2.24, 2.45) is 0 Å². The number of hydrogen-bond acceptors (Lipinski definition) is 4. The van der Waals surface area contributed by atoms with Crippen molar-refractivity contribution in [1.29, 1.82) is 0 Å². The second kappa shape index (κ2) is 7.09. The lowest BCUT2D eigenvalue weighted by Crippen LogP contribution is -2.35. The molecule has 0 aliphatic carbocycles. The minimum atomic E-state index is -3.90. The number of rotatable bonds is 4. The Morgan fingerprint density at radius 3 is 2.81 bits per heavy atom. The van der Waals surface area contributed by atoms with Gasteiger partial charge in [0.2, 0.25) is 0 Å². The van der Waals surface area contributed by atoms with E-state index in [9.17, 15) is 13.2 Å². The zero-order valence-electron chi connectivity index (χ0n) is 11.1. The molecule has 0 radical (unpaired) electrons. The predicted octanol–water partition coefficient (Wildman–Crippen LogP) is 2.68. The molecule has 1 fully saturated rings.